The highest BCUT2D eigenvalue weighted by Gasteiger charge is 2.26. The molecule has 2 atom stereocenters. The number of rotatable bonds is 2. The summed E-state index contributed by atoms with van der Waals surface area (Å²) in [5, 5.41) is 5.23. The Bertz CT molecular complexity index is 652. The van der Waals surface area contributed by atoms with E-state index in [-0.39, 0.29) is 11.5 Å². The number of oxime groups is 1. The lowest BCUT2D eigenvalue weighted by molar-refractivity contribution is 0.0855. The summed E-state index contributed by atoms with van der Waals surface area (Å²) < 4.78 is 0. The number of aryl methyl sites for hydroxylation is 1. The minimum absolute atomic E-state index is 0.0245. The van der Waals surface area contributed by atoms with E-state index in [1.807, 2.05) is 32.0 Å². The molecule has 2 aromatic rings. The average molecular weight is 275 g/mol. The molecule has 1 aliphatic heterocycles. The molecule has 2 heterocycles. The second kappa shape index (κ2) is 4.82. The third kappa shape index (κ3) is 2.43. The van der Waals surface area contributed by atoms with Gasteiger partial charge in [-0.25, -0.2) is 0 Å². The van der Waals surface area contributed by atoms with Gasteiger partial charge < -0.3 is 4.84 Å². The number of alkyl halides is 1. The molecule has 0 saturated carbocycles. The van der Waals surface area contributed by atoms with Crippen LogP contribution in [0.15, 0.2) is 35.5 Å². The number of benzene rings is 1. The summed E-state index contributed by atoms with van der Waals surface area (Å²) in [4.78, 5) is 9.85. The Morgan fingerprint density at radius 1 is 1.32 bits per heavy atom. The lowest BCUT2D eigenvalue weighted by Gasteiger charge is -2.09. The van der Waals surface area contributed by atoms with Crippen LogP contribution in [-0.4, -0.2) is 22.2 Å². The van der Waals surface area contributed by atoms with Gasteiger partial charge in [0.2, 0.25) is 0 Å². The normalized spacial score (nSPS) is 20.2. The van der Waals surface area contributed by atoms with Crippen molar-refractivity contribution in [3.8, 4) is 0 Å². The average Bonchev–Trinajstić information content (AvgIpc) is 2.88. The first kappa shape index (κ1) is 12.4. The van der Waals surface area contributed by atoms with E-state index >= 15 is 0 Å². The van der Waals surface area contributed by atoms with Crippen LogP contribution in [-0.2, 0) is 4.84 Å². The molecule has 0 bridgehead atoms. The molecule has 0 N–H and O–H groups in total. The van der Waals surface area contributed by atoms with Crippen molar-refractivity contribution < 1.29 is 4.84 Å². The van der Waals surface area contributed by atoms with Crippen LogP contribution in [0.4, 0.5) is 0 Å². The van der Waals surface area contributed by atoms with Crippen molar-refractivity contribution in [1.29, 1.82) is 0 Å². The zero-order valence-electron chi connectivity index (χ0n) is 10.9. The molecule has 3 nitrogen and oxygen atoms in total. The topological polar surface area (TPSA) is 34.5 Å². The van der Waals surface area contributed by atoms with Crippen molar-refractivity contribution in [2.24, 2.45) is 5.16 Å². The van der Waals surface area contributed by atoms with E-state index in [1.54, 1.807) is 0 Å². The van der Waals surface area contributed by atoms with Crippen molar-refractivity contribution in [2.75, 3.05) is 0 Å². The fourth-order valence-electron chi connectivity index (χ4n) is 2.22. The summed E-state index contributed by atoms with van der Waals surface area (Å²) in [7, 11) is 0. The van der Waals surface area contributed by atoms with Crippen LogP contribution in [0.2, 0.25) is 0 Å². The fraction of sp³-hybridized carbons (Fsp3) is 0.333. The maximum atomic E-state index is 6.04. The van der Waals surface area contributed by atoms with Crippen LogP contribution in [0.25, 0.3) is 10.9 Å². The Balaban J connectivity index is 1.92. The molecule has 4 heteroatoms. The SMILES string of the molecule is Cc1ccc2cc(C3=NOC(C(C)Cl)C3)ccc2n1. The summed E-state index contributed by atoms with van der Waals surface area (Å²) in [6.07, 6.45) is 0.735. The lowest BCUT2D eigenvalue weighted by atomic mass is 10.0. The molecule has 1 aromatic heterocycles. The molecule has 0 aliphatic carbocycles. The number of hydrogen-bond donors (Lipinski definition) is 0. The maximum Gasteiger partial charge on any atom is 0.149 e. The molecule has 0 radical (unpaired) electrons. The first-order valence-corrected chi connectivity index (χ1v) is 6.81. The number of aromatic nitrogens is 1. The first-order chi connectivity index (χ1) is 9.13. The molecule has 98 valence electrons. The van der Waals surface area contributed by atoms with Crippen molar-refractivity contribution in [1.82, 2.24) is 4.98 Å². The molecule has 1 aliphatic rings. The van der Waals surface area contributed by atoms with E-state index in [9.17, 15) is 0 Å². The van der Waals surface area contributed by atoms with Gasteiger partial charge in [0, 0.05) is 23.1 Å². The van der Waals surface area contributed by atoms with Crippen LogP contribution in [0.5, 0.6) is 0 Å². The Morgan fingerprint density at radius 3 is 2.89 bits per heavy atom. The van der Waals surface area contributed by atoms with Gasteiger partial charge in [0.1, 0.15) is 6.10 Å². The van der Waals surface area contributed by atoms with E-state index in [1.165, 1.54) is 0 Å². The van der Waals surface area contributed by atoms with Crippen LogP contribution >= 0.6 is 11.6 Å². The van der Waals surface area contributed by atoms with Crippen molar-refractivity contribution in [2.45, 2.75) is 31.7 Å². The van der Waals surface area contributed by atoms with Crippen molar-refractivity contribution in [3.63, 3.8) is 0 Å². The number of hydrogen-bond acceptors (Lipinski definition) is 3. The van der Waals surface area contributed by atoms with Gasteiger partial charge in [0.15, 0.2) is 0 Å². The lowest BCUT2D eigenvalue weighted by Crippen LogP contribution is -2.18. The van der Waals surface area contributed by atoms with Crippen LogP contribution in [0.1, 0.15) is 24.6 Å². The summed E-state index contributed by atoms with van der Waals surface area (Å²) in [6, 6.07) is 10.3. The van der Waals surface area contributed by atoms with Gasteiger partial charge in [-0.2, -0.15) is 0 Å². The second-order valence-corrected chi connectivity index (χ2v) is 5.61. The highest BCUT2D eigenvalue weighted by atomic mass is 35.5. The highest BCUT2D eigenvalue weighted by molar-refractivity contribution is 6.21. The van der Waals surface area contributed by atoms with Gasteiger partial charge in [-0.05, 0) is 32.0 Å². The summed E-state index contributed by atoms with van der Waals surface area (Å²) in [5.74, 6) is 0. The molecule has 1 aromatic carbocycles. The van der Waals surface area contributed by atoms with Crippen LogP contribution in [0.3, 0.4) is 0 Å². The molecular formula is C15H15ClN2O. The minimum Gasteiger partial charge on any atom is -0.390 e. The van der Waals surface area contributed by atoms with Gasteiger partial charge in [-0.3, -0.25) is 4.98 Å². The second-order valence-electron chi connectivity index (χ2n) is 4.92. The predicted octanol–water partition coefficient (Wildman–Crippen LogP) is 3.66. The molecule has 3 rings (SSSR count). The number of halogens is 1. The number of fused-ring (bicyclic) bond motifs is 1. The first-order valence-electron chi connectivity index (χ1n) is 6.38. The molecular weight excluding hydrogens is 260 g/mol. The Kier molecular flexibility index (Phi) is 3.15. The zero-order chi connectivity index (χ0) is 13.4. The summed E-state index contributed by atoms with van der Waals surface area (Å²) in [6.45, 7) is 3.92. The maximum absolute atomic E-state index is 6.04. The molecule has 0 spiro atoms. The Hall–Kier alpha value is -1.61. The van der Waals surface area contributed by atoms with Gasteiger partial charge in [-0.15, -0.1) is 11.6 Å². The summed E-state index contributed by atoms with van der Waals surface area (Å²) in [5.41, 5.74) is 4.07. The van der Waals surface area contributed by atoms with Gasteiger partial charge in [-0.1, -0.05) is 17.3 Å². The molecule has 0 amide bonds. The zero-order valence-corrected chi connectivity index (χ0v) is 11.7. The molecule has 0 saturated heterocycles. The smallest absolute Gasteiger partial charge is 0.149 e. The van der Waals surface area contributed by atoms with Crippen molar-refractivity contribution in [3.05, 3.63) is 41.6 Å². The monoisotopic (exact) mass is 274 g/mol. The van der Waals surface area contributed by atoms with Crippen molar-refractivity contribution >= 4 is 28.2 Å². The standard InChI is InChI=1S/C15H15ClN2O/c1-9-3-4-11-7-12(5-6-13(11)17-9)14-8-15(10(2)16)19-18-14/h3-7,10,15H,8H2,1-2H3. The fourth-order valence-corrected chi connectivity index (χ4v) is 2.36. The van der Waals surface area contributed by atoms with Gasteiger partial charge >= 0.3 is 0 Å². The molecule has 2 unspecified atom stereocenters. The highest BCUT2D eigenvalue weighted by Crippen LogP contribution is 2.23. The van der Waals surface area contributed by atoms with Crippen LogP contribution < -0.4 is 0 Å². The van der Waals surface area contributed by atoms with E-state index < -0.39 is 0 Å². The quantitative estimate of drug-likeness (QED) is 0.783. The number of nitrogens with zero attached hydrogens (tertiary/aromatic N) is 2. The van der Waals surface area contributed by atoms with Gasteiger partial charge in [0.05, 0.1) is 16.6 Å². The van der Waals surface area contributed by atoms with E-state index in [0.29, 0.717) is 0 Å². The Morgan fingerprint density at radius 2 is 2.16 bits per heavy atom. The molecule has 0 fully saturated rings. The van der Waals surface area contributed by atoms with E-state index in [0.717, 1.165) is 34.3 Å². The third-order valence-electron chi connectivity index (χ3n) is 3.37. The van der Waals surface area contributed by atoms with E-state index in [2.05, 4.69) is 22.3 Å². The van der Waals surface area contributed by atoms with E-state index in [4.69, 9.17) is 16.4 Å². The third-order valence-corrected chi connectivity index (χ3v) is 3.65. The molecule has 19 heavy (non-hydrogen) atoms. The number of pyridine rings is 1. The van der Waals surface area contributed by atoms with Crippen LogP contribution in [0, 0.1) is 6.92 Å². The summed E-state index contributed by atoms with van der Waals surface area (Å²) >= 11 is 6.04. The Labute approximate surface area is 117 Å². The van der Waals surface area contributed by atoms with Gasteiger partial charge in [0.25, 0.3) is 0 Å². The largest absolute Gasteiger partial charge is 0.390 e. The minimum atomic E-state index is -0.0361. The predicted molar refractivity (Wildman–Crippen MR) is 77.8 cm³/mol.